The smallest absolute Gasteiger partial charge is 0.0654 e. The van der Waals surface area contributed by atoms with Crippen LogP contribution in [0.2, 0.25) is 5.02 Å². The molecule has 2 aromatic rings. The zero-order chi connectivity index (χ0) is 8.72. The van der Waals surface area contributed by atoms with Gasteiger partial charge in [-0.3, -0.25) is 0 Å². The molecule has 0 fully saturated rings. The molecule has 4 heteroatoms. The molecule has 2 N–H and O–H groups in total. The summed E-state index contributed by atoms with van der Waals surface area (Å²) < 4.78 is 2.28. The minimum atomic E-state index is 0.644. The van der Waals surface area contributed by atoms with Gasteiger partial charge in [-0.25, -0.2) is 0 Å². The molecule has 0 radical (unpaired) electrons. The van der Waals surface area contributed by atoms with E-state index in [4.69, 9.17) is 17.3 Å². The van der Waals surface area contributed by atoms with E-state index in [2.05, 4.69) is 22.6 Å². The van der Waals surface area contributed by atoms with Gasteiger partial charge < -0.3 is 5.73 Å². The van der Waals surface area contributed by atoms with Crippen molar-refractivity contribution in [2.75, 3.05) is 5.73 Å². The summed E-state index contributed by atoms with van der Waals surface area (Å²) in [5.74, 6) is 0. The number of halogens is 2. The van der Waals surface area contributed by atoms with E-state index >= 15 is 0 Å². The van der Waals surface area contributed by atoms with Crippen LogP contribution < -0.4 is 5.73 Å². The summed E-state index contributed by atoms with van der Waals surface area (Å²) in [7, 11) is 0. The number of hydrogen-bond donors (Lipinski definition) is 1. The van der Waals surface area contributed by atoms with Crippen LogP contribution in [0.25, 0.3) is 10.1 Å². The van der Waals surface area contributed by atoms with Crippen molar-refractivity contribution in [3.63, 3.8) is 0 Å². The molecule has 62 valence electrons. The third-order valence-corrected chi connectivity index (χ3v) is 4.42. The Balaban J connectivity index is 2.94. The Morgan fingerprint density at radius 3 is 3.00 bits per heavy atom. The van der Waals surface area contributed by atoms with Crippen LogP contribution in [0.4, 0.5) is 5.69 Å². The predicted octanol–water partition coefficient (Wildman–Crippen LogP) is 3.74. The third-order valence-electron chi connectivity index (χ3n) is 1.67. The second-order valence-corrected chi connectivity index (χ2v) is 4.83. The van der Waals surface area contributed by atoms with Gasteiger partial charge in [-0.1, -0.05) is 11.6 Å². The molecule has 0 aliphatic carbocycles. The molecule has 0 aliphatic rings. The lowest BCUT2D eigenvalue weighted by atomic mass is 10.2. The Kier molecular flexibility index (Phi) is 2.18. The summed E-state index contributed by atoms with van der Waals surface area (Å²) in [6, 6.07) is 3.96. The van der Waals surface area contributed by atoms with Crippen molar-refractivity contribution in [3.8, 4) is 0 Å². The average molecular weight is 310 g/mol. The molecule has 1 aromatic carbocycles. The van der Waals surface area contributed by atoms with Crippen molar-refractivity contribution in [1.29, 1.82) is 0 Å². The van der Waals surface area contributed by atoms with Crippen molar-refractivity contribution >= 4 is 61.3 Å². The highest BCUT2D eigenvalue weighted by Crippen LogP contribution is 2.35. The Morgan fingerprint density at radius 1 is 1.50 bits per heavy atom. The molecule has 0 aliphatic heterocycles. The Bertz CT molecular complexity index is 438. The van der Waals surface area contributed by atoms with Crippen LogP contribution in [0.5, 0.6) is 0 Å². The van der Waals surface area contributed by atoms with E-state index < -0.39 is 0 Å². The zero-order valence-electron chi connectivity index (χ0n) is 5.97. The normalized spacial score (nSPS) is 10.8. The van der Waals surface area contributed by atoms with Gasteiger partial charge in [-0.2, -0.15) is 0 Å². The minimum absolute atomic E-state index is 0.644. The highest BCUT2D eigenvalue weighted by Gasteiger charge is 2.07. The molecule has 0 spiro atoms. The van der Waals surface area contributed by atoms with E-state index in [9.17, 15) is 0 Å². The van der Waals surface area contributed by atoms with Gasteiger partial charge in [0.05, 0.1) is 14.3 Å². The first-order chi connectivity index (χ1) is 5.70. The molecule has 1 aromatic heterocycles. The second-order valence-electron chi connectivity index (χ2n) is 2.42. The standard InChI is InChI=1S/C8H5ClINS/c9-5-3-4-1-2-12-8(4)6(10)7(5)11/h1-3H,11H2. The van der Waals surface area contributed by atoms with E-state index in [0.717, 1.165) is 3.57 Å². The van der Waals surface area contributed by atoms with Crippen LogP contribution in [0, 0.1) is 3.57 Å². The van der Waals surface area contributed by atoms with Crippen molar-refractivity contribution in [1.82, 2.24) is 0 Å². The van der Waals surface area contributed by atoms with Crippen LogP contribution in [-0.4, -0.2) is 0 Å². The third kappa shape index (κ3) is 1.20. The molecule has 0 bridgehead atoms. The molecule has 0 saturated carbocycles. The number of nitrogens with two attached hydrogens (primary N) is 1. The van der Waals surface area contributed by atoms with Gasteiger partial charge in [-0.15, -0.1) is 11.3 Å². The first kappa shape index (κ1) is 8.59. The lowest BCUT2D eigenvalue weighted by Gasteiger charge is -2.01. The predicted molar refractivity (Wildman–Crippen MR) is 64.0 cm³/mol. The van der Waals surface area contributed by atoms with Gasteiger partial charge in [0.25, 0.3) is 0 Å². The first-order valence-corrected chi connectivity index (χ1v) is 5.64. The van der Waals surface area contributed by atoms with E-state index in [1.807, 2.05) is 17.5 Å². The van der Waals surface area contributed by atoms with Gasteiger partial charge in [0.2, 0.25) is 0 Å². The molecule has 0 amide bonds. The number of benzene rings is 1. The fourth-order valence-corrected chi connectivity index (χ4v) is 3.23. The second kappa shape index (κ2) is 3.05. The number of thiophene rings is 1. The van der Waals surface area contributed by atoms with Crippen LogP contribution >= 0.6 is 45.5 Å². The Labute approximate surface area is 92.7 Å². The summed E-state index contributed by atoms with van der Waals surface area (Å²) in [5.41, 5.74) is 6.46. The van der Waals surface area contributed by atoms with E-state index in [1.54, 1.807) is 11.3 Å². The molecular formula is C8H5ClINS. The minimum Gasteiger partial charge on any atom is -0.397 e. The fourth-order valence-electron chi connectivity index (χ4n) is 1.05. The molecule has 1 heterocycles. The largest absolute Gasteiger partial charge is 0.397 e. The number of hydrogen-bond acceptors (Lipinski definition) is 2. The maximum atomic E-state index is 5.92. The number of nitrogen functional groups attached to an aromatic ring is 1. The van der Waals surface area contributed by atoms with E-state index in [-0.39, 0.29) is 0 Å². The summed E-state index contributed by atoms with van der Waals surface area (Å²) in [6.07, 6.45) is 0. The molecule has 0 atom stereocenters. The summed E-state index contributed by atoms with van der Waals surface area (Å²) >= 11 is 9.84. The average Bonchev–Trinajstić information content (AvgIpc) is 2.48. The summed E-state index contributed by atoms with van der Waals surface area (Å²) in [4.78, 5) is 0. The first-order valence-electron chi connectivity index (χ1n) is 3.31. The molecule has 2 rings (SSSR count). The molecule has 0 unspecified atom stereocenters. The highest BCUT2D eigenvalue weighted by atomic mass is 127. The molecular weight excluding hydrogens is 305 g/mol. The Morgan fingerprint density at radius 2 is 2.25 bits per heavy atom. The van der Waals surface area contributed by atoms with Crippen LogP contribution in [-0.2, 0) is 0 Å². The van der Waals surface area contributed by atoms with Crippen LogP contribution in [0.1, 0.15) is 0 Å². The van der Waals surface area contributed by atoms with Gasteiger partial charge in [0.1, 0.15) is 0 Å². The molecule has 12 heavy (non-hydrogen) atoms. The van der Waals surface area contributed by atoms with Crippen molar-refractivity contribution in [2.45, 2.75) is 0 Å². The van der Waals surface area contributed by atoms with E-state index in [0.29, 0.717) is 10.7 Å². The van der Waals surface area contributed by atoms with Crippen molar-refractivity contribution in [3.05, 3.63) is 26.1 Å². The summed E-state index contributed by atoms with van der Waals surface area (Å²) in [6.45, 7) is 0. The number of anilines is 1. The highest BCUT2D eigenvalue weighted by molar-refractivity contribution is 14.1. The maximum Gasteiger partial charge on any atom is 0.0654 e. The number of fused-ring (bicyclic) bond motifs is 1. The quantitative estimate of drug-likeness (QED) is 0.582. The lowest BCUT2D eigenvalue weighted by molar-refractivity contribution is 1.73. The van der Waals surface area contributed by atoms with Crippen molar-refractivity contribution < 1.29 is 0 Å². The number of rotatable bonds is 0. The van der Waals surface area contributed by atoms with Crippen LogP contribution in [0.3, 0.4) is 0 Å². The molecule has 1 nitrogen and oxygen atoms in total. The van der Waals surface area contributed by atoms with Gasteiger partial charge >= 0.3 is 0 Å². The zero-order valence-corrected chi connectivity index (χ0v) is 9.70. The lowest BCUT2D eigenvalue weighted by Crippen LogP contribution is -1.89. The van der Waals surface area contributed by atoms with Crippen LogP contribution in [0.15, 0.2) is 17.5 Å². The van der Waals surface area contributed by atoms with Gasteiger partial charge in [0.15, 0.2) is 0 Å². The maximum absolute atomic E-state index is 5.92. The summed E-state index contributed by atoms with van der Waals surface area (Å²) in [5, 5.41) is 3.86. The van der Waals surface area contributed by atoms with Crippen molar-refractivity contribution in [2.24, 2.45) is 0 Å². The van der Waals surface area contributed by atoms with E-state index in [1.165, 1.54) is 10.1 Å². The Hall–Kier alpha value is -0.000000000000000111. The van der Waals surface area contributed by atoms with Gasteiger partial charge in [0, 0.05) is 4.70 Å². The monoisotopic (exact) mass is 309 g/mol. The van der Waals surface area contributed by atoms with Gasteiger partial charge in [-0.05, 0) is 45.5 Å². The topological polar surface area (TPSA) is 26.0 Å². The SMILES string of the molecule is Nc1c(Cl)cc2ccsc2c1I. The fraction of sp³-hybridized carbons (Fsp3) is 0. The molecule has 0 saturated heterocycles.